The van der Waals surface area contributed by atoms with Crippen molar-refractivity contribution in [1.29, 1.82) is 0 Å². The van der Waals surface area contributed by atoms with Crippen molar-refractivity contribution in [2.45, 2.75) is 13.3 Å². The van der Waals surface area contributed by atoms with Crippen LogP contribution < -0.4 is 5.32 Å². The van der Waals surface area contributed by atoms with E-state index < -0.39 is 0 Å². The van der Waals surface area contributed by atoms with Crippen molar-refractivity contribution >= 4 is 15.9 Å². The first-order valence-electron chi connectivity index (χ1n) is 4.56. The molecule has 0 aromatic heterocycles. The summed E-state index contributed by atoms with van der Waals surface area (Å²) >= 11 is 3.16. The molecule has 0 saturated carbocycles. The molecule has 4 heteroatoms. The van der Waals surface area contributed by atoms with Crippen molar-refractivity contribution in [3.63, 3.8) is 0 Å². The molecule has 13 heavy (non-hydrogen) atoms. The predicted octanol–water partition coefficient (Wildman–Crippen LogP) is 1.89. The van der Waals surface area contributed by atoms with Gasteiger partial charge in [0, 0.05) is 19.4 Å². The van der Waals surface area contributed by atoms with Gasteiger partial charge in [-0.1, -0.05) is 22.9 Å². The monoisotopic (exact) mass is 251 g/mol. The molecule has 0 aliphatic carbocycles. The zero-order valence-corrected chi connectivity index (χ0v) is 9.68. The Hall–Kier alpha value is -0.0600. The highest BCUT2D eigenvalue weighted by Gasteiger charge is 1.87. The standard InChI is InChI=1S/C9H18BrNO2/c1-2-6-12-8-9-13-7-5-11-4-3-10/h3-4,11H,2,5-9H2,1H3/b4-3+. The van der Waals surface area contributed by atoms with Crippen LogP contribution in [0.2, 0.25) is 0 Å². The molecule has 0 aliphatic rings. The normalized spacial score (nSPS) is 10.9. The molecule has 0 aliphatic heterocycles. The Morgan fingerprint density at radius 1 is 1.15 bits per heavy atom. The van der Waals surface area contributed by atoms with E-state index in [2.05, 4.69) is 28.2 Å². The fraction of sp³-hybridized carbons (Fsp3) is 0.778. The maximum absolute atomic E-state index is 5.29. The molecule has 0 saturated heterocycles. The van der Waals surface area contributed by atoms with Crippen molar-refractivity contribution in [1.82, 2.24) is 5.32 Å². The van der Waals surface area contributed by atoms with Gasteiger partial charge in [-0.25, -0.2) is 0 Å². The van der Waals surface area contributed by atoms with Gasteiger partial charge in [-0.05, 0) is 11.4 Å². The largest absolute Gasteiger partial charge is 0.388 e. The highest BCUT2D eigenvalue weighted by Crippen LogP contribution is 1.82. The number of halogens is 1. The zero-order valence-electron chi connectivity index (χ0n) is 8.09. The molecule has 0 atom stereocenters. The Bertz CT molecular complexity index is 120. The van der Waals surface area contributed by atoms with Gasteiger partial charge < -0.3 is 14.8 Å². The van der Waals surface area contributed by atoms with Crippen LogP contribution in [-0.4, -0.2) is 33.0 Å². The van der Waals surface area contributed by atoms with E-state index in [9.17, 15) is 0 Å². The van der Waals surface area contributed by atoms with Crippen LogP contribution in [-0.2, 0) is 9.47 Å². The summed E-state index contributed by atoms with van der Waals surface area (Å²) in [5.41, 5.74) is 0. The first-order valence-corrected chi connectivity index (χ1v) is 5.47. The summed E-state index contributed by atoms with van der Waals surface area (Å²) in [6.45, 7) is 5.84. The summed E-state index contributed by atoms with van der Waals surface area (Å²) in [4.78, 5) is 1.78. The van der Waals surface area contributed by atoms with Gasteiger partial charge in [0.05, 0.1) is 19.8 Å². The van der Waals surface area contributed by atoms with Crippen LogP contribution in [0.5, 0.6) is 0 Å². The lowest BCUT2D eigenvalue weighted by Gasteiger charge is -2.04. The van der Waals surface area contributed by atoms with Crippen LogP contribution in [0.1, 0.15) is 13.3 Å². The summed E-state index contributed by atoms with van der Waals surface area (Å²) < 4.78 is 10.5. The molecule has 0 rings (SSSR count). The number of hydrogen-bond donors (Lipinski definition) is 1. The summed E-state index contributed by atoms with van der Waals surface area (Å²) in [7, 11) is 0. The SMILES string of the molecule is CCCOCCOCCN/C=C/Br. The lowest BCUT2D eigenvalue weighted by Crippen LogP contribution is -2.15. The Morgan fingerprint density at radius 2 is 1.85 bits per heavy atom. The van der Waals surface area contributed by atoms with E-state index in [4.69, 9.17) is 9.47 Å². The Kier molecular flexibility index (Phi) is 11.9. The lowest BCUT2D eigenvalue weighted by molar-refractivity contribution is 0.0498. The van der Waals surface area contributed by atoms with Crippen LogP contribution in [0.15, 0.2) is 11.2 Å². The number of ether oxygens (including phenoxy) is 2. The second-order valence-electron chi connectivity index (χ2n) is 2.47. The molecule has 0 bridgehead atoms. The van der Waals surface area contributed by atoms with Crippen molar-refractivity contribution in [2.75, 3.05) is 33.0 Å². The molecule has 0 aromatic rings. The summed E-state index contributed by atoms with van der Waals surface area (Å²) in [5.74, 6) is 0. The molecule has 0 aromatic carbocycles. The van der Waals surface area contributed by atoms with Crippen molar-refractivity contribution in [3.05, 3.63) is 11.2 Å². The summed E-state index contributed by atoms with van der Waals surface area (Å²) in [5, 5.41) is 3.04. The quantitative estimate of drug-likeness (QED) is 0.635. The number of hydrogen-bond acceptors (Lipinski definition) is 3. The first kappa shape index (κ1) is 12.9. The molecule has 0 radical (unpaired) electrons. The highest BCUT2D eigenvalue weighted by molar-refractivity contribution is 9.11. The minimum Gasteiger partial charge on any atom is -0.388 e. The van der Waals surface area contributed by atoms with E-state index in [-0.39, 0.29) is 0 Å². The second-order valence-corrected chi connectivity index (χ2v) is 3.00. The van der Waals surface area contributed by atoms with E-state index in [0.29, 0.717) is 19.8 Å². The predicted molar refractivity (Wildman–Crippen MR) is 58.0 cm³/mol. The molecule has 0 heterocycles. The third-order valence-electron chi connectivity index (χ3n) is 1.29. The van der Waals surface area contributed by atoms with Gasteiger partial charge in [0.1, 0.15) is 0 Å². The van der Waals surface area contributed by atoms with E-state index >= 15 is 0 Å². The molecular weight excluding hydrogens is 234 g/mol. The van der Waals surface area contributed by atoms with E-state index in [1.807, 2.05) is 6.20 Å². The van der Waals surface area contributed by atoms with Gasteiger partial charge >= 0.3 is 0 Å². The average molecular weight is 252 g/mol. The zero-order chi connectivity index (χ0) is 9.78. The van der Waals surface area contributed by atoms with Gasteiger partial charge in [-0.2, -0.15) is 0 Å². The van der Waals surface area contributed by atoms with Crippen LogP contribution in [0, 0.1) is 0 Å². The summed E-state index contributed by atoms with van der Waals surface area (Å²) in [6, 6.07) is 0. The summed E-state index contributed by atoms with van der Waals surface area (Å²) in [6.07, 6.45) is 2.90. The second kappa shape index (κ2) is 11.9. The number of nitrogens with one attached hydrogen (secondary N) is 1. The maximum Gasteiger partial charge on any atom is 0.0701 e. The molecule has 3 nitrogen and oxygen atoms in total. The number of rotatable bonds is 9. The third-order valence-corrected chi connectivity index (χ3v) is 1.56. The average Bonchev–Trinajstić information content (AvgIpc) is 2.16. The van der Waals surface area contributed by atoms with Gasteiger partial charge in [-0.3, -0.25) is 0 Å². The molecular formula is C9H18BrNO2. The fourth-order valence-electron chi connectivity index (χ4n) is 0.725. The Balaban J connectivity index is 2.83. The van der Waals surface area contributed by atoms with Crippen molar-refractivity contribution in [3.8, 4) is 0 Å². The van der Waals surface area contributed by atoms with E-state index in [1.165, 1.54) is 0 Å². The van der Waals surface area contributed by atoms with Gasteiger partial charge in [-0.15, -0.1) is 0 Å². The minimum absolute atomic E-state index is 0.680. The maximum atomic E-state index is 5.29. The minimum atomic E-state index is 0.680. The van der Waals surface area contributed by atoms with Gasteiger partial charge in [0.2, 0.25) is 0 Å². The molecule has 0 unspecified atom stereocenters. The van der Waals surface area contributed by atoms with Crippen LogP contribution in [0.25, 0.3) is 0 Å². The smallest absolute Gasteiger partial charge is 0.0701 e. The molecule has 0 amide bonds. The van der Waals surface area contributed by atoms with Crippen LogP contribution in [0.3, 0.4) is 0 Å². The van der Waals surface area contributed by atoms with Gasteiger partial charge in [0.15, 0.2) is 0 Å². The highest BCUT2D eigenvalue weighted by atomic mass is 79.9. The molecule has 1 N–H and O–H groups in total. The molecule has 78 valence electrons. The van der Waals surface area contributed by atoms with Crippen molar-refractivity contribution < 1.29 is 9.47 Å². The van der Waals surface area contributed by atoms with Crippen LogP contribution in [0.4, 0.5) is 0 Å². The van der Waals surface area contributed by atoms with Crippen LogP contribution >= 0.6 is 15.9 Å². The topological polar surface area (TPSA) is 30.5 Å². The Labute approximate surface area is 88.6 Å². The van der Waals surface area contributed by atoms with Gasteiger partial charge in [0.25, 0.3) is 0 Å². The Morgan fingerprint density at radius 3 is 2.46 bits per heavy atom. The first-order chi connectivity index (χ1) is 6.41. The lowest BCUT2D eigenvalue weighted by atomic mass is 10.5. The third kappa shape index (κ3) is 11.9. The fourth-order valence-corrected chi connectivity index (χ4v) is 0.912. The van der Waals surface area contributed by atoms with E-state index in [1.54, 1.807) is 4.99 Å². The van der Waals surface area contributed by atoms with E-state index in [0.717, 1.165) is 19.6 Å². The van der Waals surface area contributed by atoms with Crippen molar-refractivity contribution in [2.24, 2.45) is 0 Å². The molecule has 0 spiro atoms. The molecule has 0 fully saturated rings.